The second-order valence-electron chi connectivity index (χ2n) is 6.54. The van der Waals surface area contributed by atoms with Gasteiger partial charge in [-0.25, -0.2) is 0 Å². The van der Waals surface area contributed by atoms with E-state index < -0.39 is 0 Å². The molecule has 1 heterocycles. The Hall–Kier alpha value is -0.0800. The summed E-state index contributed by atoms with van der Waals surface area (Å²) in [5, 5.41) is 0. The lowest BCUT2D eigenvalue weighted by atomic mass is 9.99. The summed E-state index contributed by atoms with van der Waals surface area (Å²) in [6.45, 7) is 14.4. The number of nitrogens with zero attached hydrogens (tertiary/aromatic N) is 1. The van der Waals surface area contributed by atoms with Crippen LogP contribution in [0.5, 0.6) is 0 Å². The predicted octanol–water partition coefficient (Wildman–Crippen LogP) is 3.41. The molecule has 0 radical (unpaired) electrons. The average molecular weight is 213 g/mol. The van der Waals surface area contributed by atoms with Crippen molar-refractivity contribution in [2.75, 3.05) is 6.54 Å². The molecule has 15 heavy (non-hydrogen) atoms. The summed E-state index contributed by atoms with van der Waals surface area (Å²) in [6, 6.07) is 0. The summed E-state index contributed by atoms with van der Waals surface area (Å²) < 4.78 is 6.14. The zero-order valence-corrected chi connectivity index (χ0v) is 11.3. The molecule has 0 bridgehead atoms. The Bertz CT molecular complexity index is 200. The fourth-order valence-electron chi connectivity index (χ4n) is 2.20. The smallest absolute Gasteiger partial charge is 0.111 e. The van der Waals surface area contributed by atoms with Crippen LogP contribution in [0.1, 0.15) is 60.8 Å². The number of hydrogen-bond donors (Lipinski definition) is 0. The maximum Gasteiger partial charge on any atom is 0.111 e. The first-order chi connectivity index (χ1) is 6.70. The van der Waals surface area contributed by atoms with Crippen LogP contribution in [0.4, 0.5) is 0 Å². The first-order valence-corrected chi connectivity index (χ1v) is 6.15. The Balaban J connectivity index is 2.66. The molecule has 1 aliphatic heterocycles. The summed E-state index contributed by atoms with van der Waals surface area (Å²) in [6.07, 6.45) is 4.09. The van der Waals surface area contributed by atoms with Gasteiger partial charge in [0, 0.05) is 12.1 Å². The quantitative estimate of drug-likeness (QED) is 0.662. The van der Waals surface area contributed by atoms with Gasteiger partial charge in [0.15, 0.2) is 0 Å². The van der Waals surface area contributed by atoms with Crippen LogP contribution in [0.15, 0.2) is 0 Å². The highest BCUT2D eigenvalue weighted by atomic mass is 16.5. The zero-order valence-electron chi connectivity index (χ0n) is 11.3. The van der Waals surface area contributed by atoms with Crippen molar-refractivity contribution in [3.05, 3.63) is 0 Å². The van der Waals surface area contributed by atoms with E-state index in [9.17, 15) is 0 Å². The summed E-state index contributed by atoms with van der Waals surface area (Å²) in [5.41, 5.74) is 0.182. The van der Waals surface area contributed by atoms with E-state index in [1.165, 1.54) is 25.8 Å². The number of rotatable bonds is 1. The Kier molecular flexibility index (Phi) is 3.83. The molecule has 0 spiro atoms. The molecule has 2 heteroatoms. The second kappa shape index (κ2) is 4.42. The van der Waals surface area contributed by atoms with E-state index >= 15 is 0 Å². The number of piperidine rings is 1. The largest absolute Gasteiger partial charge is 0.358 e. The van der Waals surface area contributed by atoms with Gasteiger partial charge < -0.3 is 4.74 Å². The number of ether oxygens (including phenoxy) is 1. The van der Waals surface area contributed by atoms with E-state index in [2.05, 4.69) is 46.4 Å². The van der Waals surface area contributed by atoms with Crippen LogP contribution in [0.2, 0.25) is 0 Å². The summed E-state index contributed by atoms with van der Waals surface area (Å²) in [4.78, 5) is 2.50. The first kappa shape index (κ1) is 13.0. The Morgan fingerprint density at radius 2 is 1.60 bits per heavy atom. The van der Waals surface area contributed by atoms with Gasteiger partial charge in [0.25, 0.3) is 0 Å². The number of likely N-dealkylation sites (tertiary alicyclic amines) is 1. The minimum absolute atomic E-state index is 0.0362. The predicted molar refractivity (Wildman–Crippen MR) is 64.9 cm³/mol. The molecular weight excluding hydrogens is 186 g/mol. The molecule has 0 aromatic rings. The van der Waals surface area contributed by atoms with Gasteiger partial charge in [0.2, 0.25) is 0 Å². The first-order valence-electron chi connectivity index (χ1n) is 6.15. The van der Waals surface area contributed by atoms with Crippen LogP contribution < -0.4 is 0 Å². The van der Waals surface area contributed by atoms with E-state index in [1.807, 2.05) is 0 Å². The van der Waals surface area contributed by atoms with E-state index in [0.717, 1.165) is 0 Å². The minimum atomic E-state index is -0.0362. The van der Waals surface area contributed by atoms with Crippen molar-refractivity contribution in [2.45, 2.75) is 78.2 Å². The standard InChI is InChI=1S/C13H27NO/c1-12(2,3)14-10-8-7-9-11(14)15-13(4,5)6/h11H,7-10H2,1-6H3/t11-/m1/s1. The van der Waals surface area contributed by atoms with Gasteiger partial charge in [0.05, 0.1) is 5.60 Å². The third kappa shape index (κ3) is 4.12. The highest BCUT2D eigenvalue weighted by Gasteiger charge is 2.33. The second-order valence-corrected chi connectivity index (χ2v) is 6.54. The van der Waals surface area contributed by atoms with E-state index in [-0.39, 0.29) is 11.1 Å². The van der Waals surface area contributed by atoms with Gasteiger partial charge in [-0.05, 0) is 60.8 Å². The van der Waals surface area contributed by atoms with Crippen LogP contribution in [0.3, 0.4) is 0 Å². The summed E-state index contributed by atoms with van der Waals surface area (Å²) in [7, 11) is 0. The molecule has 90 valence electrons. The lowest BCUT2D eigenvalue weighted by Crippen LogP contribution is -2.53. The van der Waals surface area contributed by atoms with Crippen molar-refractivity contribution in [3.63, 3.8) is 0 Å². The molecule has 1 saturated heterocycles. The molecular formula is C13H27NO. The van der Waals surface area contributed by atoms with Gasteiger partial charge >= 0.3 is 0 Å². The van der Waals surface area contributed by atoms with Gasteiger partial charge in [0.1, 0.15) is 6.23 Å². The van der Waals surface area contributed by atoms with Crippen LogP contribution in [0, 0.1) is 0 Å². The van der Waals surface area contributed by atoms with Gasteiger partial charge in [-0.1, -0.05) is 0 Å². The molecule has 1 rings (SSSR count). The molecule has 0 aliphatic carbocycles. The highest BCUT2D eigenvalue weighted by Crippen LogP contribution is 2.28. The van der Waals surface area contributed by atoms with Gasteiger partial charge in [-0.2, -0.15) is 0 Å². The Labute approximate surface area is 95.0 Å². The molecule has 0 N–H and O–H groups in total. The van der Waals surface area contributed by atoms with Crippen molar-refractivity contribution in [1.29, 1.82) is 0 Å². The lowest BCUT2D eigenvalue weighted by Gasteiger charge is -2.46. The number of hydrogen-bond acceptors (Lipinski definition) is 2. The van der Waals surface area contributed by atoms with Crippen molar-refractivity contribution in [2.24, 2.45) is 0 Å². The molecule has 0 aromatic heterocycles. The normalized spacial score (nSPS) is 25.6. The van der Waals surface area contributed by atoms with Crippen LogP contribution in [-0.2, 0) is 4.74 Å². The van der Waals surface area contributed by atoms with E-state index in [1.54, 1.807) is 0 Å². The molecule has 0 saturated carbocycles. The molecule has 0 unspecified atom stereocenters. The third-order valence-electron chi connectivity index (χ3n) is 2.80. The highest BCUT2D eigenvalue weighted by molar-refractivity contribution is 4.83. The third-order valence-corrected chi connectivity index (χ3v) is 2.80. The van der Waals surface area contributed by atoms with Gasteiger partial charge in [-0.15, -0.1) is 0 Å². The molecule has 1 atom stereocenters. The van der Waals surface area contributed by atoms with E-state index in [0.29, 0.717) is 6.23 Å². The lowest BCUT2D eigenvalue weighted by molar-refractivity contribution is -0.170. The Morgan fingerprint density at radius 3 is 2.07 bits per heavy atom. The molecule has 2 nitrogen and oxygen atoms in total. The molecule has 1 fully saturated rings. The Morgan fingerprint density at radius 1 is 1.00 bits per heavy atom. The monoisotopic (exact) mass is 213 g/mol. The zero-order chi connectivity index (χ0) is 11.7. The maximum atomic E-state index is 6.14. The molecule has 0 amide bonds. The van der Waals surface area contributed by atoms with Gasteiger partial charge in [-0.3, -0.25) is 4.90 Å². The van der Waals surface area contributed by atoms with Crippen molar-refractivity contribution in [3.8, 4) is 0 Å². The van der Waals surface area contributed by atoms with Crippen molar-refractivity contribution >= 4 is 0 Å². The summed E-state index contributed by atoms with van der Waals surface area (Å²) >= 11 is 0. The fraction of sp³-hybridized carbons (Fsp3) is 1.00. The van der Waals surface area contributed by atoms with Crippen LogP contribution in [0.25, 0.3) is 0 Å². The molecule has 1 aliphatic rings. The van der Waals surface area contributed by atoms with Crippen LogP contribution >= 0.6 is 0 Å². The fourth-order valence-corrected chi connectivity index (χ4v) is 2.20. The van der Waals surface area contributed by atoms with Crippen molar-refractivity contribution < 1.29 is 4.74 Å². The minimum Gasteiger partial charge on any atom is -0.358 e. The van der Waals surface area contributed by atoms with E-state index in [4.69, 9.17) is 4.74 Å². The maximum absolute atomic E-state index is 6.14. The average Bonchev–Trinajstić information content (AvgIpc) is 1.99. The van der Waals surface area contributed by atoms with Crippen molar-refractivity contribution in [1.82, 2.24) is 4.90 Å². The topological polar surface area (TPSA) is 12.5 Å². The summed E-state index contributed by atoms with van der Waals surface area (Å²) in [5.74, 6) is 0. The van der Waals surface area contributed by atoms with Crippen LogP contribution in [-0.4, -0.2) is 28.8 Å². The SMILES string of the molecule is CC(C)(C)O[C@@H]1CCCCN1C(C)(C)C. The molecule has 0 aromatic carbocycles.